The van der Waals surface area contributed by atoms with Crippen LogP contribution in [-0.4, -0.2) is 36.2 Å². The summed E-state index contributed by atoms with van der Waals surface area (Å²) >= 11 is 0. The molecule has 0 unspecified atom stereocenters. The molecule has 0 radical (unpaired) electrons. The van der Waals surface area contributed by atoms with Crippen LogP contribution < -0.4 is 5.32 Å². The van der Waals surface area contributed by atoms with E-state index in [-0.39, 0.29) is 6.09 Å². The Morgan fingerprint density at radius 3 is 3.13 bits per heavy atom. The van der Waals surface area contributed by atoms with Crippen LogP contribution in [-0.2, 0) is 11.3 Å². The van der Waals surface area contributed by atoms with E-state index in [9.17, 15) is 4.79 Å². The van der Waals surface area contributed by atoms with Crippen molar-refractivity contribution in [1.82, 2.24) is 9.88 Å². The molecule has 1 amide bonds. The second kappa shape index (κ2) is 4.16. The molecule has 5 nitrogen and oxygen atoms in total. The van der Waals surface area contributed by atoms with E-state index in [1.54, 1.807) is 4.90 Å². The van der Waals surface area contributed by atoms with Gasteiger partial charge in [-0.15, -0.1) is 0 Å². The number of pyridine rings is 1. The van der Waals surface area contributed by atoms with Crippen LogP contribution in [0.2, 0.25) is 0 Å². The highest BCUT2D eigenvalue weighted by atomic mass is 16.6. The second-order valence-electron chi connectivity index (χ2n) is 3.30. The summed E-state index contributed by atoms with van der Waals surface area (Å²) in [6.45, 7) is 1.63. The van der Waals surface area contributed by atoms with Crippen LogP contribution in [0.25, 0.3) is 0 Å². The summed E-state index contributed by atoms with van der Waals surface area (Å²) in [6.07, 6.45) is -0.258. The molecular weight excluding hydrogens is 194 g/mol. The van der Waals surface area contributed by atoms with Crippen molar-refractivity contribution in [3.05, 3.63) is 23.9 Å². The van der Waals surface area contributed by atoms with Crippen LogP contribution in [0.5, 0.6) is 0 Å². The Morgan fingerprint density at radius 2 is 2.47 bits per heavy atom. The van der Waals surface area contributed by atoms with Crippen LogP contribution in [0.4, 0.5) is 10.6 Å². The van der Waals surface area contributed by atoms with Gasteiger partial charge in [0.25, 0.3) is 0 Å². The van der Waals surface area contributed by atoms with E-state index in [1.807, 2.05) is 25.2 Å². The maximum Gasteiger partial charge on any atom is 0.410 e. The fourth-order valence-electron chi connectivity index (χ4n) is 1.47. The molecular formula is C10H13N3O2. The van der Waals surface area contributed by atoms with Crippen LogP contribution in [0.1, 0.15) is 5.69 Å². The molecule has 0 aliphatic carbocycles. The van der Waals surface area contributed by atoms with Gasteiger partial charge in [0.05, 0.1) is 18.8 Å². The standard InChI is InChI=1S/C10H13N3O2/c1-11-9-4-2-3-8(12-9)7-13-5-6-15-10(13)14/h2-4H,5-7H2,1H3,(H,11,12). The molecule has 1 saturated heterocycles. The second-order valence-corrected chi connectivity index (χ2v) is 3.30. The van der Waals surface area contributed by atoms with Gasteiger partial charge in [-0.2, -0.15) is 0 Å². The van der Waals surface area contributed by atoms with Crippen molar-refractivity contribution in [2.45, 2.75) is 6.54 Å². The van der Waals surface area contributed by atoms with E-state index in [0.29, 0.717) is 19.7 Å². The molecule has 2 rings (SSSR count). The van der Waals surface area contributed by atoms with Crippen molar-refractivity contribution < 1.29 is 9.53 Å². The van der Waals surface area contributed by atoms with Gasteiger partial charge in [0.15, 0.2) is 0 Å². The number of rotatable bonds is 3. The van der Waals surface area contributed by atoms with Crippen molar-refractivity contribution in [3.63, 3.8) is 0 Å². The number of aromatic nitrogens is 1. The zero-order chi connectivity index (χ0) is 10.7. The molecule has 0 spiro atoms. The normalized spacial score (nSPS) is 15.3. The molecule has 1 aromatic rings. The van der Waals surface area contributed by atoms with Crippen LogP contribution in [0.3, 0.4) is 0 Å². The lowest BCUT2D eigenvalue weighted by Crippen LogP contribution is -2.24. The summed E-state index contributed by atoms with van der Waals surface area (Å²) < 4.78 is 4.84. The third kappa shape index (κ3) is 2.18. The molecule has 15 heavy (non-hydrogen) atoms. The number of nitrogens with one attached hydrogen (secondary N) is 1. The highest BCUT2D eigenvalue weighted by Crippen LogP contribution is 2.10. The van der Waals surface area contributed by atoms with Crippen molar-refractivity contribution in [2.24, 2.45) is 0 Å². The summed E-state index contributed by atoms with van der Waals surface area (Å²) in [4.78, 5) is 17.2. The third-order valence-corrected chi connectivity index (χ3v) is 2.26. The largest absolute Gasteiger partial charge is 0.448 e. The molecule has 1 fully saturated rings. The maximum absolute atomic E-state index is 11.2. The number of cyclic esters (lactones) is 1. The van der Waals surface area contributed by atoms with E-state index in [2.05, 4.69) is 10.3 Å². The highest BCUT2D eigenvalue weighted by molar-refractivity contribution is 5.69. The van der Waals surface area contributed by atoms with Gasteiger partial charge < -0.3 is 10.1 Å². The van der Waals surface area contributed by atoms with Crippen molar-refractivity contribution >= 4 is 11.9 Å². The van der Waals surface area contributed by atoms with Crippen LogP contribution in [0, 0.1) is 0 Å². The van der Waals surface area contributed by atoms with E-state index in [4.69, 9.17) is 4.74 Å². The number of ether oxygens (including phenoxy) is 1. The smallest absolute Gasteiger partial charge is 0.410 e. The van der Waals surface area contributed by atoms with Crippen LogP contribution in [0.15, 0.2) is 18.2 Å². The van der Waals surface area contributed by atoms with Gasteiger partial charge in [-0.05, 0) is 12.1 Å². The summed E-state index contributed by atoms with van der Waals surface area (Å²) in [7, 11) is 1.82. The third-order valence-electron chi connectivity index (χ3n) is 2.26. The molecule has 0 aromatic carbocycles. The fourth-order valence-corrected chi connectivity index (χ4v) is 1.47. The summed E-state index contributed by atoms with van der Waals surface area (Å²) in [5, 5.41) is 2.96. The van der Waals surface area contributed by atoms with E-state index >= 15 is 0 Å². The molecule has 1 aliphatic heterocycles. The Morgan fingerprint density at radius 1 is 1.60 bits per heavy atom. The zero-order valence-corrected chi connectivity index (χ0v) is 8.56. The Hall–Kier alpha value is -1.78. The van der Waals surface area contributed by atoms with Crippen LogP contribution >= 0.6 is 0 Å². The highest BCUT2D eigenvalue weighted by Gasteiger charge is 2.22. The lowest BCUT2D eigenvalue weighted by atomic mass is 10.3. The molecule has 0 bridgehead atoms. The molecule has 0 saturated carbocycles. The molecule has 80 valence electrons. The first-order valence-corrected chi connectivity index (χ1v) is 4.85. The minimum atomic E-state index is -0.258. The number of anilines is 1. The predicted octanol–water partition coefficient (Wildman–Crippen LogP) is 1.08. The molecule has 1 N–H and O–H groups in total. The summed E-state index contributed by atoms with van der Waals surface area (Å²) in [5.74, 6) is 0.806. The minimum Gasteiger partial charge on any atom is -0.448 e. The SMILES string of the molecule is CNc1cccc(CN2CCOC2=O)n1. The lowest BCUT2D eigenvalue weighted by molar-refractivity contribution is 0.157. The maximum atomic E-state index is 11.2. The number of amides is 1. The average Bonchev–Trinajstić information content (AvgIpc) is 2.65. The predicted molar refractivity (Wildman–Crippen MR) is 55.5 cm³/mol. The van der Waals surface area contributed by atoms with Gasteiger partial charge in [-0.25, -0.2) is 9.78 Å². The van der Waals surface area contributed by atoms with Gasteiger partial charge in [0.2, 0.25) is 0 Å². The molecule has 2 heterocycles. The van der Waals surface area contributed by atoms with Gasteiger partial charge in [0.1, 0.15) is 12.4 Å². The van der Waals surface area contributed by atoms with Crippen molar-refractivity contribution in [1.29, 1.82) is 0 Å². The van der Waals surface area contributed by atoms with Gasteiger partial charge in [-0.3, -0.25) is 4.90 Å². The van der Waals surface area contributed by atoms with Crippen molar-refractivity contribution in [3.8, 4) is 0 Å². The number of carbonyl (C=O) groups is 1. The first kappa shape index (κ1) is 9.76. The Bertz CT molecular complexity index is 367. The van der Waals surface area contributed by atoms with E-state index in [1.165, 1.54) is 0 Å². The lowest BCUT2D eigenvalue weighted by Gasteiger charge is -2.12. The van der Waals surface area contributed by atoms with E-state index in [0.717, 1.165) is 11.5 Å². The molecule has 1 aliphatic rings. The van der Waals surface area contributed by atoms with Crippen molar-refractivity contribution in [2.75, 3.05) is 25.5 Å². The number of hydrogen-bond acceptors (Lipinski definition) is 4. The summed E-state index contributed by atoms with van der Waals surface area (Å²) in [6, 6.07) is 5.69. The molecule has 0 atom stereocenters. The zero-order valence-electron chi connectivity index (χ0n) is 8.56. The number of hydrogen-bond donors (Lipinski definition) is 1. The fraction of sp³-hybridized carbons (Fsp3) is 0.400. The van der Waals surface area contributed by atoms with Gasteiger partial charge in [0, 0.05) is 7.05 Å². The Kier molecular flexibility index (Phi) is 2.71. The minimum absolute atomic E-state index is 0.258. The van der Waals surface area contributed by atoms with E-state index < -0.39 is 0 Å². The molecule has 5 heteroatoms. The number of nitrogens with zero attached hydrogens (tertiary/aromatic N) is 2. The first-order chi connectivity index (χ1) is 7.29. The Balaban J connectivity index is 2.06. The van der Waals surface area contributed by atoms with Gasteiger partial charge in [-0.1, -0.05) is 6.07 Å². The first-order valence-electron chi connectivity index (χ1n) is 4.85. The monoisotopic (exact) mass is 207 g/mol. The molecule has 1 aromatic heterocycles. The quantitative estimate of drug-likeness (QED) is 0.805. The number of carbonyl (C=O) groups excluding carboxylic acids is 1. The Labute approximate surface area is 88.1 Å². The topological polar surface area (TPSA) is 54.5 Å². The summed E-state index contributed by atoms with van der Waals surface area (Å²) in [5.41, 5.74) is 0.862. The average molecular weight is 207 g/mol. The van der Waals surface area contributed by atoms with Gasteiger partial charge >= 0.3 is 6.09 Å².